The van der Waals surface area contributed by atoms with Gasteiger partial charge in [0.15, 0.2) is 6.10 Å². The van der Waals surface area contributed by atoms with Crippen LogP contribution in [0.2, 0.25) is 0 Å². The maximum atomic E-state index is 12.7. The van der Waals surface area contributed by atoms with Crippen LogP contribution in [0.5, 0.6) is 0 Å². The highest BCUT2D eigenvalue weighted by Crippen LogP contribution is 2.19. The van der Waals surface area contributed by atoms with Crippen molar-refractivity contribution >= 4 is 32.8 Å². The zero-order valence-corrected chi connectivity index (χ0v) is 17.8. The van der Waals surface area contributed by atoms with Gasteiger partial charge in [-0.15, -0.1) is 0 Å². The molecule has 8 nitrogen and oxygen atoms in total. The van der Waals surface area contributed by atoms with E-state index in [-0.39, 0.29) is 42.7 Å². The van der Waals surface area contributed by atoms with Crippen LogP contribution in [0.15, 0.2) is 65.6 Å². The van der Waals surface area contributed by atoms with Gasteiger partial charge in [0, 0.05) is 37.1 Å². The SMILES string of the molecule is CC(OC(=O)c1cc2ccccc2[nH]1)C(=O)N1CCN(S(=O)(=O)c2ccccc2)CC1. The van der Waals surface area contributed by atoms with Crippen molar-refractivity contribution in [3.05, 3.63) is 66.4 Å². The molecule has 1 fully saturated rings. The number of carbonyl (C=O) groups excluding carboxylic acids is 2. The molecule has 0 bridgehead atoms. The molecular weight excluding hydrogens is 418 g/mol. The van der Waals surface area contributed by atoms with Crippen LogP contribution < -0.4 is 0 Å². The maximum Gasteiger partial charge on any atom is 0.355 e. The maximum absolute atomic E-state index is 12.7. The van der Waals surface area contributed by atoms with E-state index < -0.39 is 22.1 Å². The number of H-pyrrole nitrogens is 1. The van der Waals surface area contributed by atoms with Crippen molar-refractivity contribution < 1.29 is 22.7 Å². The molecule has 2 heterocycles. The molecule has 1 atom stereocenters. The van der Waals surface area contributed by atoms with Crippen molar-refractivity contribution in [2.75, 3.05) is 26.2 Å². The molecule has 1 aliphatic rings. The van der Waals surface area contributed by atoms with Crippen LogP contribution in [0, 0.1) is 0 Å². The smallest absolute Gasteiger partial charge is 0.355 e. The molecule has 0 aliphatic carbocycles. The van der Waals surface area contributed by atoms with Gasteiger partial charge in [0.2, 0.25) is 10.0 Å². The first-order valence-electron chi connectivity index (χ1n) is 9.99. The van der Waals surface area contributed by atoms with E-state index in [1.54, 1.807) is 36.4 Å². The molecule has 0 radical (unpaired) electrons. The van der Waals surface area contributed by atoms with Gasteiger partial charge in [0.25, 0.3) is 5.91 Å². The van der Waals surface area contributed by atoms with Gasteiger partial charge >= 0.3 is 5.97 Å². The lowest BCUT2D eigenvalue weighted by molar-refractivity contribution is -0.141. The molecule has 162 valence electrons. The third kappa shape index (κ3) is 4.33. The summed E-state index contributed by atoms with van der Waals surface area (Å²) < 4.78 is 32.2. The Morgan fingerprint density at radius 1 is 0.968 bits per heavy atom. The Bertz CT molecular complexity index is 1170. The highest BCUT2D eigenvalue weighted by molar-refractivity contribution is 7.89. The van der Waals surface area contributed by atoms with Crippen molar-refractivity contribution in [3.63, 3.8) is 0 Å². The Hall–Kier alpha value is -3.17. The fourth-order valence-corrected chi connectivity index (χ4v) is 5.05. The summed E-state index contributed by atoms with van der Waals surface area (Å²) in [4.78, 5) is 29.9. The Morgan fingerprint density at radius 3 is 2.29 bits per heavy atom. The standard InChI is InChI=1S/C22H23N3O5S/c1-16(30-22(27)20-15-17-7-5-6-10-19(17)23-20)21(26)24-11-13-25(14-12-24)31(28,29)18-8-3-2-4-9-18/h2-10,15-16,23H,11-14H2,1H3. The lowest BCUT2D eigenvalue weighted by atomic mass is 10.2. The first kappa shape index (κ1) is 21.1. The minimum absolute atomic E-state index is 0.186. The number of benzene rings is 2. The molecular formula is C22H23N3O5S. The van der Waals surface area contributed by atoms with Crippen LogP contribution >= 0.6 is 0 Å². The van der Waals surface area contributed by atoms with Crippen LogP contribution in [0.3, 0.4) is 0 Å². The summed E-state index contributed by atoms with van der Waals surface area (Å²) in [6.07, 6.45) is -0.976. The van der Waals surface area contributed by atoms with Crippen molar-refractivity contribution in [3.8, 4) is 0 Å². The van der Waals surface area contributed by atoms with Crippen LogP contribution in [-0.2, 0) is 19.6 Å². The summed E-state index contributed by atoms with van der Waals surface area (Å²) in [6, 6.07) is 17.4. The van der Waals surface area contributed by atoms with Crippen LogP contribution in [0.4, 0.5) is 0 Å². The van der Waals surface area contributed by atoms with Gasteiger partial charge in [-0.3, -0.25) is 4.79 Å². The van der Waals surface area contributed by atoms with Gasteiger partial charge in [0.1, 0.15) is 5.69 Å². The number of ether oxygens (including phenoxy) is 1. The Balaban J connectivity index is 1.35. The Morgan fingerprint density at radius 2 is 1.61 bits per heavy atom. The van der Waals surface area contributed by atoms with Crippen molar-refractivity contribution in [1.82, 2.24) is 14.2 Å². The Kier molecular flexibility index (Phi) is 5.79. The van der Waals surface area contributed by atoms with E-state index in [4.69, 9.17) is 4.74 Å². The molecule has 0 spiro atoms. The van der Waals surface area contributed by atoms with Crippen LogP contribution in [0.25, 0.3) is 10.9 Å². The lowest BCUT2D eigenvalue weighted by Gasteiger charge is -2.35. The first-order chi connectivity index (χ1) is 14.9. The number of hydrogen-bond donors (Lipinski definition) is 1. The van der Waals surface area contributed by atoms with Gasteiger partial charge in [-0.1, -0.05) is 36.4 Å². The first-order valence-corrected chi connectivity index (χ1v) is 11.4. The number of aromatic amines is 1. The molecule has 4 rings (SSSR count). The third-order valence-corrected chi connectivity index (χ3v) is 7.23. The number of amides is 1. The minimum atomic E-state index is -3.59. The molecule has 1 amide bonds. The average molecular weight is 442 g/mol. The number of hydrogen-bond acceptors (Lipinski definition) is 5. The second-order valence-electron chi connectivity index (χ2n) is 7.36. The minimum Gasteiger partial charge on any atom is -0.448 e. The zero-order valence-electron chi connectivity index (χ0n) is 17.0. The molecule has 9 heteroatoms. The highest BCUT2D eigenvalue weighted by atomic mass is 32.2. The zero-order chi connectivity index (χ0) is 22.0. The summed E-state index contributed by atoms with van der Waals surface area (Å²) in [6.45, 7) is 2.37. The number of piperazine rings is 1. The summed E-state index contributed by atoms with van der Waals surface area (Å²) >= 11 is 0. The summed E-state index contributed by atoms with van der Waals surface area (Å²) in [5.74, 6) is -0.955. The fraction of sp³-hybridized carbons (Fsp3) is 0.273. The molecule has 1 aliphatic heterocycles. The number of esters is 1. The number of para-hydroxylation sites is 1. The number of nitrogens with zero attached hydrogens (tertiary/aromatic N) is 2. The van der Waals surface area contributed by atoms with E-state index >= 15 is 0 Å². The quantitative estimate of drug-likeness (QED) is 0.612. The van der Waals surface area contributed by atoms with Gasteiger partial charge < -0.3 is 14.6 Å². The number of aromatic nitrogens is 1. The number of fused-ring (bicyclic) bond motifs is 1. The summed E-state index contributed by atoms with van der Waals surface area (Å²) in [5, 5.41) is 0.879. The molecule has 1 aromatic heterocycles. The molecule has 2 aromatic carbocycles. The van der Waals surface area contributed by atoms with E-state index in [0.29, 0.717) is 0 Å². The molecule has 1 unspecified atom stereocenters. The number of carbonyl (C=O) groups is 2. The second-order valence-corrected chi connectivity index (χ2v) is 9.30. The monoisotopic (exact) mass is 441 g/mol. The van der Waals surface area contributed by atoms with Gasteiger partial charge in [-0.25, -0.2) is 13.2 Å². The predicted octanol–water partition coefficient (Wildman–Crippen LogP) is 2.25. The van der Waals surface area contributed by atoms with Gasteiger partial charge in [0.05, 0.1) is 4.90 Å². The Labute approximate surface area is 180 Å². The number of nitrogens with one attached hydrogen (secondary N) is 1. The number of rotatable bonds is 5. The van der Waals surface area contributed by atoms with Crippen molar-refractivity contribution in [2.45, 2.75) is 17.9 Å². The van der Waals surface area contributed by atoms with E-state index in [9.17, 15) is 18.0 Å². The third-order valence-electron chi connectivity index (χ3n) is 5.31. The largest absolute Gasteiger partial charge is 0.448 e. The summed E-state index contributed by atoms with van der Waals surface area (Å²) in [5.41, 5.74) is 1.09. The van der Waals surface area contributed by atoms with E-state index in [2.05, 4.69) is 4.98 Å². The van der Waals surface area contributed by atoms with Crippen molar-refractivity contribution in [1.29, 1.82) is 0 Å². The molecule has 3 aromatic rings. The van der Waals surface area contributed by atoms with Gasteiger partial charge in [-0.05, 0) is 31.2 Å². The predicted molar refractivity (Wildman–Crippen MR) is 115 cm³/mol. The van der Waals surface area contributed by atoms with E-state index in [0.717, 1.165) is 10.9 Å². The van der Waals surface area contributed by atoms with Crippen LogP contribution in [0.1, 0.15) is 17.4 Å². The molecule has 31 heavy (non-hydrogen) atoms. The highest BCUT2D eigenvalue weighted by Gasteiger charge is 2.32. The molecule has 1 saturated heterocycles. The van der Waals surface area contributed by atoms with Gasteiger partial charge in [-0.2, -0.15) is 4.31 Å². The molecule has 1 N–H and O–H groups in total. The average Bonchev–Trinajstić information content (AvgIpc) is 3.24. The topological polar surface area (TPSA) is 99.8 Å². The summed E-state index contributed by atoms with van der Waals surface area (Å²) in [7, 11) is -3.59. The fourth-order valence-electron chi connectivity index (χ4n) is 3.61. The number of sulfonamides is 1. The normalized spacial score (nSPS) is 16.2. The van der Waals surface area contributed by atoms with E-state index in [1.807, 2.05) is 24.3 Å². The van der Waals surface area contributed by atoms with E-state index in [1.165, 1.54) is 16.1 Å². The second kappa shape index (κ2) is 8.52. The lowest BCUT2D eigenvalue weighted by Crippen LogP contribution is -2.52. The van der Waals surface area contributed by atoms with Crippen LogP contribution in [-0.4, -0.2) is 66.8 Å². The molecule has 0 saturated carbocycles. The van der Waals surface area contributed by atoms with Crippen molar-refractivity contribution in [2.24, 2.45) is 0 Å².